The van der Waals surface area contributed by atoms with Crippen LogP contribution in [0.4, 0.5) is 13.2 Å². The molecule has 5 nitrogen and oxygen atoms in total. The fraction of sp³-hybridized carbons (Fsp3) is 0.391. The Hall–Kier alpha value is -3.03. The van der Waals surface area contributed by atoms with Gasteiger partial charge in [0.25, 0.3) is 5.91 Å². The minimum Gasteiger partial charge on any atom is -0.475 e. The predicted octanol–water partition coefficient (Wildman–Crippen LogP) is 5.39. The lowest BCUT2D eigenvalue weighted by Gasteiger charge is -2.32. The molecule has 1 aromatic carbocycles. The minimum atomic E-state index is -4.56. The van der Waals surface area contributed by atoms with Gasteiger partial charge >= 0.3 is 6.18 Å². The standard InChI is InChI=1S/C23H24F3N3O2/c1-14(2)31-21-8-7-18-20(28-21)13-19(27-18)15-9-11-29(12-10-15)22(30)16-5-3-4-6-17(16)23(24,25)26/h3-8,13-15,27H,9-12H2,1-2H3. The number of H-pyrrole nitrogens is 1. The number of ether oxygens (including phenoxy) is 1. The number of aromatic nitrogens is 2. The number of rotatable bonds is 4. The Morgan fingerprint density at radius 2 is 1.87 bits per heavy atom. The second-order valence-corrected chi connectivity index (χ2v) is 8.08. The number of alkyl halides is 3. The van der Waals surface area contributed by atoms with Crippen molar-refractivity contribution in [1.82, 2.24) is 14.9 Å². The van der Waals surface area contributed by atoms with Crippen LogP contribution in [0.1, 0.15) is 54.2 Å². The van der Waals surface area contributed by atoms with E-state index < -0.39 is 17.6 Å². The number of carbonyl (C=O) groups excluding carboxylic acids is 1. The van der Waals surface area contributed by atoms with Crippen molar-refractivity contribution >= 4 is 16.9 Å². The molecule has 0 saturated carbocycles. The van der Waals surface area contributed by atoms with E-state index in [1.54, 1.807) is 0 Å². The predicted molar refractivity (Wildman–Crippen MR) is 111 cm³/mol. The molecule has 3 heterocycles. The average molecular weight is 431 g/mol. The van der Waals surface area contributed by atoms with Crippen LogP contribution in [-0.4, -0.2) is 40.0 Å². The van der Waals surface area contributed by atoms with E-state index in [4.69, 9.17) is 4.74 Å². The number of nitrogens with zero attached hydrogens (tertiary/aromatic N) is 2. The van der Waals surface area contributed by atoms with Crippen molar-refractivity contribution in [3.63, 3.8) is 0 Å². The summed E-state index contributed by atoms with van der Waals surface area (Å²) < 4.78 is 45.5. The molecule has 0 unspecified atom stereocenters. The van der Waals surface area contributed by atoms with Gasteiger partial charge in [0.2, 0.25) is 5.88 Å². The second-order valence-electron chi connectivity index (χ2n) is 8.08. The molecule has 1 N–H and O–H groups in total. The molecule has 4 rings (SSSR count). The van der Waals surface area contributed by atoms with Crippen molar-refractivity contribution in [3.8, 4) is 5.88 Å². The van der Waals surface area contributed by atoms with E-state index in [2.05, 4.69) is 9.97 Å². The van der Waals surface area contributed by atoms with Crippen LogP contribution >= 0.6 is 0 Å². The molecular formula is C23H24F3N3O2. The smallest absolute Gasteiger partial charge is 0.417 e. The number of fused-ring (bicyclic) bond motifs is 1. The number of benzene rings is 1. The molecule has 1 saturated heterocycles. The molecule has 0 radical (unpaired) electrons. The summed E-state index contributed by atoms with van der Waals surface area (Å²) in [5, 5.41) is 0. The molecule has 0 spiro atoms. The zero-order valence-corrected chi connectivity index (χ0v) is 17.4. The maximum atomic E-state index is 13.3. The zero-order chi connectivity index (χ0) is 22.2. The minimum absolute atomic E-state index is 0.0349. The molecule has 1 fully saturated rings. The normalized spacial score (nSPS) is 15.6. The van der Waals surface area contributed by atoms with Gasteiger partial charge in [-0.25, -0.2) is 4.98 Å². The van der Waals surface area contributed by atoms with Crippen molar-refractivity contribution in [2.75, 3.05) is 13.1 Å². The highest BCUT2D eigenvalue weighted by atomic mass is 19.4. The third-order valence-electron chi connectivity index (χ3n) is 5.51. The first-order chi connectivity index (χ1) is 14.7. The molecule has 1 amide bonds. The van der Waals surface area contributed by atoms with Crippen molar-refractivity contribution in [2.45, 2.75) is 44.9 Å². The van der Waals surface area contributed by atoms with Gasteiger partial charge < -0.3 is 14.6 Å². The third-order valence-corrected chi connectivity index (χ3v) is 5.51. The fourth-order valence-electron chi connectivity index (χ4n) is 4.02. The van der Waals surface area contributed by atoms with Crippen LogP contribution in [0.2, 0.25) is 0 Å². The summed E-state index contributed by atoms with van der Waals surface area (Å²) in [6.07, 6.45) is -3.18. The molecule has 1 aliphatic heterocycles. The largest absolute Gasteiger partial charge is 0.475 e. The Bertz CT molecular complexity index is 1080. The van der Waals surface area contributed by atoms with Crippen molar-refractivity contribution in [1.29, 1.82) is 0 Å². The fourth-order valence-corrected chi connectivity index (χ4v) is 4.02. The Morgan fingerprint density at radius 3 is 2.55 bits per heavy atom. The van der Waals surface area contributed by atoms with Crippen LogP contribution in [0, 0.1) is 0 Å². The maximum absolute atomic E-state index is 13.3. The molecule has 0 aliphatic carbocycles. The Kier molecular flexibility index (Phi) is 5.64. The lowest BCUT2D eigenvalue weighted by Crippen LogP contribution is -2.38. The first-order valence-corrected chi connectivity index (χ1v) is 10.3. The van der Waals surface area contributed by atoms with Crippen LogP contribution < -0.4 is 4.74 Å². The summed E-state index contributed by atoms with van der Waals surface area (Å²) in [5.74, 6) is 0.183. The number of hydrogen-bond acceptors (Lipinski definition) is 3. The van der Waals surface area contributed by atoms with Crippen LogP contribution in [0.15, 0.2) is 42.5 Å². The molecule has 0 atom stereocenters. The zero-order valence-electron chi connectivity index (χ0n) is 17.4. The van der Waals surface area contributed by atoms with Crippen molar-refractivity contribution in [2.24, 2.45) is 0 Å². The number of hydrogen-bond donors (Lipinski definition) is 1. The van der Waals surface area contributed by atoms with Crippen LogP contribution in [0.25, 0.3) is 11.0 Å². The van der Waals surface area contributed by atoms with Gasteiger partial charge in [0, 0.05) is 30.8 Å². The summed E-state index contributed by atoms with van der Waals surface area (Å²) >= 11 is 0. The highest BCUT2D eigenvalue weighted by molar-refractivity contribution is 5.96. The molecule has 3 aromatic rings. The Balaban J connectivity index is 1.46. The van der Waals surface area contributed by atoms with Gasteiger partial charge in [0.05, 0.1) is 28.3 Å². The van der Waals surface area contributed by atoms with E-state index in [1.807, 2.05) is 32.0 Å². The quantitative estimate of drug-likeness (QED) is 0.603. The van der Waals surface area contributed by atoms with E-state index in [1.165, 1.54) is 23.1 Å². The SMILES string of the molecule is CC(C)Oc1ccc2[nH]c(C3CCN(C(=O)c4ccccc4C(F)(F)F)CC3)cc2n1. The molecule has 0 bridgehead atoms. The number of aromatic amines is 1. The molecule has 31 heavy (non-hydrogen) atoms. The highest BCUT2D eigenvalue weighted by Crippen LogP contribution is 2.34. The van der Waals surface area contributed by atoms with Crippen molar-refractivity contribution < 1.29 is 22.7 Å². The van der Waals surface area contributed by atoms with Gasteiger partial charge in [0.15, 0.2) is 0 Å². The monoisotopic (exact) mass is 431 g/mol. The van der Waals surface area contributed by atoms with Crippen LogP contribution in [-0.2, 0) is 6.18 Å². The lowest BCUT2D eigenvalue weighted by molar-refractivity contribution is -0.138. The molecule has 2 aromatic heterocycles. The summed E-state index contributed by atoms with van der Waals surface area (Å²) in [6, 6.07) is 10.7. The van der Waals surface area contributed by atoms with E-state index in [-0.39, 0.29) is 17.6 Å². The number of nitrogens with one attached hydrogen (secondary N) is 1. The summed E-state index contributed by atoms with van der Waals surface area (Å²) in [4.78, 5) is 22.2. The molecule has 1 aliphatic rings. The van der Waals surface area contributed by atoms with Crippen LogP contribution in [0.5, 0.6) is 5.88 Å². The number of amides is 1. The summed E-state index contributed by atoms with van der Waals surface area (Å²) in [5.41, 5.74) is 1.56. The molecule has 164 valence electrons. The number of halogens is 3. The molecule has 8 heteroatoms. The van der Waals surface area contributed by atoms with Crippen LogP contribution in [0.3, 0.4) is 0 Å². The van der Waals surface area contributed by atoms with E-state index in [0.29, 0.717) is 31.8 Å². The second kappa shape index (κ2) is 8.24. The van der Waals surface area contributed by atoms with Crippen molar-refractivity contribution in [3.05, 3.63) is 59.3 Å². The van der Waals surface area contributed by atoms with E-state index in [9.17, 15) is 18.0 Å². The topological polar surface area (TPSA) is 58.2 Å². The molecular weight excluding hydrogens is 407 g/mol. The van der Waals surface area contributed by atoms with Gasteiger partial charge in [-0.15, -0.1) is 0 Å². The van der Waals surface area contributed by atoms with E-state index >= 15 is 0 Å². The number of carbonyl (C=O) groups is 1. The van der Waals surface area contributed by atoms with Gasteiger partial charge in [-0.3, -0.25) is 4.79 Å². The van der Waals surface area contributed by atoms with Gasteiger partial charge in [-0.2, -0.15) is 13.2 Å². The van der Waals surface area contributed by atoms with E-state index in [0.717, 1.165) is 22.8 Å². The number of pyridine rings is 1. The first kappa shape index (κ1) is 21.2. The average Bonchev–Trinajstić information content (AvgIpc) is 3.16. The Labute approximate surface area is 178 Å². The third kappa shape index (κ3) is 4.52. The maximum Gasteiger partial charge on any atom is 0.417 e. The van der Waals surface area contributed by atoms with Gasteiger partial charge in [-0.05, 0) is 51.0 Å². The highest BCUT2D eigenvalue weighted by Gasteiger charge is 2.36. The Morgan fingerprint density at radius 1 is 1.16 bits per heavy atom. The number of likely N-dealkylation sites (tertiary alicyclic amines) is 1. The number of piperidine rings is 1. The lowest BCUT2D eigenvalue weighted by atomic mass is 9.93. The first-order valence-electron chi connectivity index (χ1n) is 10.3. The van der Waals surface area contributed by atoms with Gasteiger partial charge in [0.1, 0.15) is 0 Å². The summed E-state index contributed by atoms with van der Waals surface area (Å²) in [7, 11) is 0. The van der Waals surface area contributed by atoms with Gasteiger partial charge in [-0.1, -0.05) is 12.1 Å². The summed E-state index contributed by atoms with van der Waals surface area (Å²) in [6.45, 7) is 4.69.